The highest BCUT2D eigenvalue weighted by molar-refractivity contribution is 7.99. The first-order chi connectivity index (χ1) is 10.2. The van der Waals surface area contributed by atoms with Crippen molar-refractivity contribution in [3.8, 4) is 0 Å². The number of hydrogen-bond donors (Lipinski definition) is 1. The predicted octanol–water partition coefficient (Wildman–Crippen LogP) is 2.92. The quantitative estimate of drug-likeness (QED) is 0.864. The van der Waals surface area contributed by atoms with E-state index in [1.54, 1.807) is 11.8 Å². The molecule has 0 bridgehead atoms. The fourth-order valence-corrected chi connectivity index (χ4v) is 3.31. The third-order valence-electron chi connectivity index (χ3n) is 3.67. The number of thioether (sulfide) groups is 1. The molecule has 1 aromatic carbocycles. The molecule has 1 aromatic heterocycles. The topological polar surface area (TPSA) is 54.2 Å². The van der Waals surface area contributed by atoms with Crippen LogP contribution in [0.4, 0.5) is 0 Å². The summed E-state index contributed by atoms with van der Waals surface area (Å²) in [5.41, 5.74) is 0. The highest BCUT2D eigenvalue weighted by atomic mass is 35.5. The van der Waals surface area contributed by atoms with Crippen LogP contribution in [-0.4, -0.2) is 41.7 Å². The molecule has 2 heterocycles. The Morgan fingerprint density at radius 2 is 2.14 bits per heavy atom. The second kappa shape index (κ2) is 7.97. The molecule has 1 fully saturated rings. The Morgan fingerprint density at radius 3 is 2.86 bits per heavy atom. The summed E-state index contributed by atoms with van der Waals surface area (Å²) in [5, 5.41) is 7.69. The van der Waals surface area contributed by atoms with Gasteiger partial charge in [0.2, 0.25) is 5.89 Å². The van der Waals surface area contributed by atoms with Crippen molar-refractivity contribution in [3.05, 3.63) is 42.0 Å². The van der Waals surface area contributed by atoms with Gasteiger partial charge in [0.05, 0.1) is 11.3 Å². The van der Waals surface area contributed by atoms with Gasteiger partial charge in [-0.3, -0.25) is 4.90 Å². The summed E-state index contributed by atoms with van der Waals surface area (Å²) in [4.78, 5) is 8.07. The molecule has 1 aliphatic heterocycles. The van der Waals surface area contributed by atoms with E-state index in [0.717, 1.165) is 25.5 Å². The zero-order valence-electron chi connectivity index (χ0n) is 12.7. The number of likely N-dealkylation sites (N-methyl/N-ethyl adjacent to an activating group) is 1. The number of nitrogens with one attached hydrogen (secondary N) is 1. The van der Waals surface area contributed by atoms with Gasteiger partial charge in [-0.05, 0) is 26.1 Å². The Hall–Kier alpha value is -1.08. The number of halogens is 1. The summed E-state index contributed by atoms with van der Waals surface area (Å²) in [6.07, 6.45) is 0. The fraction of sp³-hybridized carbons (Fsp3) is 0.467. The van der Waals surface area contributed by atoms with E-state index in [9.17, 15) is 0 Å². The minimum absolute atomic E-state index is 0. The largest absolute Gasteiger partial charge is 0.338 e. The summed E-state index contributed by atoms with van der Waals surface area (Å²) in [6, 6.07) is 10.5. The van der Waals surface area contributed by atoms with Crippen LogP contribution in [0.25, 0.3) is 0 Å². The number of aromatic nitrogens is 2. The first-order valence-electron chi connectivity index (χ1n) is 7.20. The normalized spacial score (nSPS) is 20.4. The van der Waals surface area contributed by atoms with Crippen LogP contribution in [0.5, 0.6) is 0 Å². The van der Waals surface area contributed by atoms with E-state index in [1.807, 2.05) is 18.2 Å². The molecule has 0 saturated carbocycles. The van der Waals surface area contributed by atoms with Crippen LogP contribution in [-0.2, 0) is 0 Å². The fourth-order valence-electron chi connectivity index (χ4n) is 2.40. The van der Waals surface area contributed by atoms with Gasteiger partial charge in [0.25, 0.3) is 0 Å². The maximum Gasteiger partial charge on any atom is 0.239 e. The van der Waals surface area contributed by atoms with Crippen molar-refractivity contribution < 1.29 is 4.52 Å². The molecule has 1 saturated heterocycles. The molecular weight excluding hydrogens is 320 g/mol. The number of rotatable bonds is 4. The summed E-state index contributed by atoms with van der Waals surface area (Å²) in [5.74, 6) is 1.47. The predicted molar refractivity (Wildman–Crippen MR) is 90.5 cm³/mol. The zero-order chi connectivity index (χ0) is 14.7. The molecule has 3 rings (SSSR count). The Labute approximate surface area is 141 Å². The molecule has 120 valence electrons. The molecule has 2 unspecified atom stereocenters. The highest BCUT2D eigenvalue weighted by Crippen LogP contribution is 2.34. The molecule has 0 aliphatic carbocycles. The molecule has 0 amide bonds. The maximum absolute atomic E-state index is 5.46. The Morgan fingerprint density at radius 1 is 1.36 bits per heavy atom. The monoisotopic (exact) mass is 340 g/mol. The Kier molecular flexibility index (Phi) is 6.26. The number of piperazine rings is 1. The van der Waals surface area contributed by atoms with E-state index >= 15 is 0 Å². The SMILES string of the molecule is CC(Sc1ccccc1)c1nc(C2CNCCN2C)no1.Cl. The second-order valence-corrected chi connectivity index (χ2v) is 6.68. The van der Waals surface area contributed by atoms with Gasteiger partial charge in [0.1, 0.15) is 0 Å². The zero-order valence-corrected chi connectivity index (χ0v) is 14.4. The summed E-state index contributed by atoms with van der Waals surface area (Å²) in [6.45, 7) is 4.98. The smallest absolute Gasteiger partial charge is 0.239 e. The maximum atomic E-state index is 5.46. The summed E-state index contributed by atoms with van der Waals surface area (Å²) in [7, 11) is 2.10. The van der Waals surface area contributed by atoms with Crippen LogP contribution in [0.15, 0.2) is 39.8 Å². The van der Waals surface area contributed by atoms with Crippen molar-refractivity contribution in [2.24, 2.45) is 0 Å². The lowest BCUT2D eigenvalue weighted by Gasteiger charge is -2.30. The van der Waals surface area contributed by atoms with Gasteiger partial charge in [-0.2, -0.15) is 4.98 Å². The Balaban J connectivity index is 0.00000176. The molecule has 5 nitrogen and oxygen atoms in total. The molecule has 0 spiro atoms. The number of hydrogen-bond acceptors (Lipinski definition) is 6. The highest BCUT2D eigenvalue weighted by Gasteiger charge is 2.26. The third kappa shape index (κ3) is 4.01. The van der Waals surface area contributed by atoms with Gasteiger partial charge >= 0.3 is 0 Å². The minimum Gasteiger partial charge on any atom is -0.338 e. The van der Waals surface area contributed by atoms with Gasteiger partial charge in [0.15, 0.2) is 5.82 Å². The van der Waals surface area contributed by atoms with Gasteiger partial charge in [-0.1, -0.05) is 23.4 Å². The van der Waals surface area contributed by atoms with Crippen molar-refractivity contribution in [2.75, 3.05) is 26.7 Å². The lowest BCUT2D eigenvalue weighted by Crippen LogP contribution is -2.44. The Bertz CT molecular complexity index is 580. The molecule has 22 heavy (non-hydrogen) atoms. The molecule has 1 aliphatic rings. The number of nitrogens with zero attached hydrogens (tertiary/aromatic N) is 3. The summed E-state index contributed by atoms with van der Waals surface area (Å²) < 4.78 is 5.46. The van der Waals surface area contributed by atoms with Crippen LogP contribution in [0.1, 0.15) is 29.9 Å². The van der Waals surface area contributed by atoms with Crippen LogP contribution >= 0.6 is 24.2 Å². The van der Waals surface area contributed by atoms with Gasteiger partial charge < -0.3 is 9.84 Å². The van der Waals surface area contributed by atoms with E-state index in [-0.39, 0.29) is 23.7 Å². The van der Waals surface area contributed by atoms with E-state index in [0.29, 0.717) is 5.89 Å². The lowest BCUT2D eigenvalue weighted by atomic mass is 10.2. The van der Waals surface area contributed by atoms with E-state index < -0.39 is 0 Å². The first kappa shape index (κ1) is 17.3. The van der Waals surface area contributed by atoms with Gasteiger partial charge in [-0.25, -0.2) is 0 Å². The number of benzene rings is 1. The van der Waals surface area contributed by atoms with Crippen molar-refractivity contribution in [1.82, 2.24) is 20.4 Å². The third-order valence-corrected chi connectivity index (χ3v) is 4.77. The minimum atomic E-state index is 0. The standard InChI is InChI=1S/C15H20N4OS.ClH/c1-11(21-12-6-4-3-5-7-12)15-17-14(18-20-15)13-10-16-8-9-19(13)2;/h3-7,11,13,16H,8-10H2,1-2H3;1H. The lowest BCUT2D eigenvalue weighted by molar-refractivity contribution is 0.190. The van der Waals surface area contributed by atoms with Gasteiger partial charge in [0, 0.05) is 24.5 Å². The first-order valence-corrected chi connectivity index (χ1v) is 8.08. The van der Waals surface area contributed by atoms with Crippen LogP contribution in [0, 0.1) is 0 Å². The van der Waals surface area contributed by atoms with Gasteiger partial charge in [-0.15, -0.1) is 24.2 Å². The molecule has 2 aromatic rings. The average molecular weight is 341 g/mol. The summed E-state index contributed by atoms with van der Waals surface area (Å²) >= 11 is 1.73. The van der Waals surface area contributed by atoms with Crippen LogP contribution in [0.3, 0.4) is 0 Å². The van der Waals surface area contributed by atoms with Crippen LogP contribution < -0.4 is 5.32 Å². The molecular formula is C15H21ClN4OS. The molecule has 7 heteroatoms. The molecule has 1 N–H and O–H groups in total. The van der Waals surface area contributed by atoms with E-state index in [1.165, 1.54) is 4.90 Å². The molecule has 2 atom stereocenters. The average Bonchev–Trinajstić information content (AvgIpc) is 2.98. The van der Waals surface area contributed by atoms with Crippen molar-refractivity contribution in [2.45, 2.75) is 23.1 Å². The van der Waals surface area contributed by atoms with Crippen molar-refractivity contribution in [1.29, 1.82) is 0 Å². The molecule has 0 radical (unpaired) electrons. The van der Waals surface area contributed by atoms with E-state index in [2.05, 4.69) is 46.5 Å². The van der Waals surface area contributed by atoms with Crippen LogP contribution in [0.2, 0.25) is 0 Å². The van der Waals surface area contributed by atoms with E-state index in [4.69, 9.17) is 4.52 Å². The second-order valence-electron chi connectivity index (χ2n) is 5.26. The van der Waals surface area contributed by atoms with Crippen molar-refractivity contribution >= 4 is 24.2 Å². The van der Waals surface area contributed by atoms with Crippen molar-refractivity contribution in [3.63, 3.8) is 0 Å².